The molecule has 0 bridgehead atoms. The van der Waals surface area contributed by atoms with E-state index in [1.165, 1.54) is 6.07 Å². The van der Waals surface area contributed by atoms with E-state index in [0.717, 1.165) is 12.1 Å². The van der Waals surface area contributed by atoms with Crippen molar-refractivity contribution < 1.29 is 17.9 Å². The first-order valence-corrected chi connectivity index (χ1v) is 5.64. The Morgan fingerprint density at radius 2 is 1.53 bits per heavy atom. The summed E-state index contributed by atoms with van der Waals surface area (Å²) in [5, 5.41) is -0.364. The highest BCUT2D eigenvalue weighted by atomic mass is 35.5. The van der Waals surface area contributed by atoms with Gasteiger partial charge in [-0.05, 0) is 42.5 Å². The fraction of sp³-hybridized carbons (Fsp3) is 0.0769. The number of halogens is 4. The molecule has 0 saturated heterocycles. The second kappa shape index (κ2) is 5.01. The quantitative estimate of drug-likeness (QED) is 0.810. The van der Waals surface area contributed by atoms with E-state index in [9.17, 15) is 13.2 Å². The maximum Gasteiger partial charge on any atom is 0.417 e. The topological polar surface area (TPSA) is 35.2 Å². The van der Waals surface area contributed by atoms with Crippen LogP contribution in [0, 0.1) is 0 Å². The summed E-state index contributed by atoms with van der Waals surface area (Å²) < 4.78 is 43.3. The van der Waals surface area contributed by atoms with E-state index in [4.69, 9.17) is 22.1 Å². The van der Waals surface area contributed by atoms with Crippen molar-refractivity contribution in [1.29, 1.82) is 0 Å². The molecule has 2 aromatic rings. The Balaban J connectivity index is 2.29. The van der Waals surface area contributed by atoms with E-state index in [-0.39, 0.29) is 10.8 Å². The van der Waals surface area contributed by atoms with Crippen LogP contribution in [0.15, 0.2) is 42.5 Å². The van der Waals surface area contributed by atoms with Gasteiger partial charge in [0, 0.05) is 5.69 Å². The molecule has 0 saturated carbocycles. The molecular weight excluding hydrogens is 279 g/mol. The number of nitrogens with two attached hydrogens (primary N) is 1. The van der Waals surface area contributed by atoms with Gasteiger partial charge in [-0.2, -0.15) is 13.2 Å². The van der Waals surface area contributed by atoms with Gasteiger partial charge in [0.05, 0.1) is 10.6 Å². The lowest BCUT2D eigenvalue weighted by molar-refractivity contribution is -0.137. The van der Waals surface area contributed by atoms with Crippen molar-refractivity contribution >= 4 is 17.3 Å². The molecule has 2 rings (SSSR count). The van der Waals surface area contributed by atoms with E-state index in [2.05, 4.69) is 0 Å². The van der Waals surface area contributed by atoms with Crippen LogP contribution in [0.25, 0.3) is 0 Å². The van der Waals surface area contributed by atoms with Gasteiger partial charge in [-0.3, -0.25) is 0 Å². The van der Waals surface area contributed by atoms with Crippen LogP contribution in [0.2, 0.25) is 5.02 Å². The van der Waals surface area contributed by atoms with Crippen molar-refractivity contribution in [3.05, 3.63) is 53.1 Å². The molecule has 0 fully saturated rings. The van der Waals surface area contributed by atoms with Gasteiger partial charge in [-0.25, -0.2) is 0 Å². The first kappa shape index (κ1) is 13.5. The normalized spacial score (nSPS) is 11.4. The van der Waals surface area contributed by atoms with Crippen molar-refractivity contribution in [3.63, 3.8) is 0 Å². The van der Waals surface area contributed by atoms with Gasteiger partial charge in [-0.15, -0.1) is 0 Å². The van der Waals surface area contributed by atoms with Gasteiger partial charge in [0.15, 0.2) is 0 Å². The molecule has 2 nitrogen and oxygen atoms in total. The molecule has 0 heterocycles. The van der Waals surface area contributed by atoms with Crippen molar-refractivity contribution in [1.82, 2.24) is 0 Å². The van der Waals surface area contributed by atoms with E-state index < -0.39 is 11.7 Å². The number of rotatable bonds is 2. The van der Waals surface area contributed by atoms with Gasteiger partial charge < -0.3 is 10.5 Å². The first-order chi connectivity index (χ1) is 8.86. The molecule has 0 unspecified atom stereocenters. The Labute approximate surface area is 112 Å². The summed E-state index contributed by atoms with van der Waals surface area (Å²) in [7, 11) is 0. The standard InChI is InChI=1S/C13H9ClF3NO/c14-12-6-5-10(7-11(12)13(15,16)17)19-9-3-1-8(18)2-4-9/h1-7H,18H2. The van der Waals surface area contributed by atoms with Gasteiger partial charge >= 0.3 is 6.18 Å². The molecule has 0 aliphatic heterocycles. The molecule has 0 aromatic heterocycles. The summed E-state index contributed by atoms with van der Waals surface area (Å²) in [6.07, 6.45) is -4.52. The summed E-state index contributed by atoms with van der Waals surface area (Å²) in [5.41, 5.74) is 5.11. The van der Waals surface area contributed by atoms with E-state index in [1.807, 2.05) is 0 Å². The Bertz CT molecular complexity index is 581. The minimum atomic E-state index is -4.52. The summed E-state index contributed by atoms with van der Waals surface area (Å²) in [5.74, 6) is 0.450. The Morgan fingerprint density at radius 1 is 0.947 bits per heavy atom. The Hall–Kier alpha value is -1.88. The summed E-state index contributed by atoms with van der Waals surface area (Å²) in [6.45, 7) is 0. The number of anilines is 1. The SMILES string of the molecule is Nc1ccc(Oc2ccc(Cl)c(C(F)(F)F)c2)cc1. The average Bonchev–Trinajstić information content (AvgIpc) is 2.33. The lowest BCUT2D eigenvalue weighted by Gasteiger charge is -2.11. The third-order valence-corrected chi connectivity index (χ3v) is 2.69. The highest BCUT2D eigenvalue weighted by Crippen LogP contribution is 2.37. The zero-order chi connectivity index (χ0) is 14.0. The fourth-order valence-corrected chi connectivity index (χ4v) is 1.68. The average molecular weight is 288 g/mol. The molecule has 0 atom stereocenters. The fourth-order valence-electron chi connectivity index (χ4n) is 1.46. The van der Waals surface area contributed by atoms with E-state index in [0.29, 0.717) is 11.4 Å². The van der Waals surface area contributed by atoms with Crippen LogP contribution < -0.4 is 10.5 Å². The van der Waals surface area contributed by atoms with Crippen LogP contribution in [0.5, 0.6) is 11.5 Å². The van der Waals surface area contributed by atoms with Crippen molar-refractivity contribution in [2.45, 2.75) is 6.18 Å². The highest BCUT2D eigenvalue weighted by Gasteiger charge is 2.33. The largest absolute Gasteiger partial charge is 0.457 e. The number of hydrogen-bond acceptors (Lipinski definition) is 2. The van der Waals surface area contributed by atoms with Crippen LogP contribution in [0.4, 0.5) is 18.9 Å². The van der Waals surface area contributed by atoms with Gasteiger partial charge in [0.1, 0.15) is 11.5 Å². The maximum atomic E-state index is 12.7. The molecule has 19 heavy (non-hydrogen) atoms. The minimum absolute atomic E-state index is 0.0569. The molecule has 0 aliphatic carbocycles. The summed E-state index contributed by atoms with van der Waals surface area (Å²) in [6, 6.07) is 9.70. The van der Waals surface area contributed by atoms with Crippen LogP contribution in [-0.4, -0.2) is 0 Å². The van der Waals surface area contributed by atoms with Gasteiger partial charge in [-0.1, -0.05) is 11.6 Å². The minimum Gasteiger partial charge on any atom is -0.457 e. The van der Waals surface area contributed by atoms with Crippen molar-refractivity contribution in [3.8, 4) is 11.5 Å². The predicted molar refractivity (Wildman–Crippen MR) is 67.4 cm³/mol. The van der Waals surface area contributed by atoms with Gasteiger partial charge in [0.2, 0.25) is 0 Å². The van der Waals surface area contributed by atoms with E-state index >= 15 is 0 Å². The number of benzene rings is 2. The molecule has 2 aromatic carbocycles. The molecule has 0 aliphatic rings. The third kappa shape index (κ3) is 3.32. The molecule has 0 spiro atoms. The molecular formula is C13H9ClF3NO. The molecule has 100 valence electrons. The molecule has 0 amide bonds. The monoisotopic (exact) mass is 287 g/mol. The molecule has 0 radical (unpaired) electrons. The van der Waals surface area contributed by atoms with Crippen LogP contribution >= 0.6 is 11.6 Å². The maximum absolute atomic E-state index is 12.7. The van der Waals surface area contributed by atoms with Gasteiger partial charge in [0.25, 0.3) is 0 Å². The Kier molecular flexibility index (Phi) is 3.57. The van der Waals surface area contributed by atoms with E-state index in [1.54, 1.807) is 24.3 Å². The first-order valence-electron chi connectivity index (χ1n) is 5.26. The number of hydrogen-bond donors (Lipinski definition) is 1. The van der Waals surface area contributed by atoms with Crippen LogP contribution in [0.1, 0.15) is 5.56 Å². The third-order valence-electron chi connectivity index (χ3n) is 2.36. The highest BCUT2D eigenvalue weighted by molar-refractivity contribution is 6.31. The summed E-state index contributed by atoms with van der Waals surface area (Å²) in [4.78, 5) is 0. The van der Waals surface area contributed by atoms with Crippen molar-refractivity contribution in [2.24, 2.45) is 0 Å². The smallest absolute Gasteiger partial charge is 0.417 e. The zero-order valence-electron chi connectivity index (χ0n) is 9.54. The number of ether oxygens (including phenoxy) is 1. The second-order valence-electron chi connectivity index (χ2n) is 3.81. The molecule has 6 heteroatoms. The summed E-state index contributed by atoms with van der Waals surface area (Å²) >= 11 is 5.51. The number of nitrogen functional groups attached to an aromatic ring is 1. The second-order valence-corrected chi connectivity index (χ2v) is 4.22. The predicted octanol–water partition coefficient (Wildman–Crippen LogP) is 4.73. The lowest BCUT2D eigenvalue weighted by Crippen LogP contribution is -2.05. The van der Waals surface area contributed by atoms with Crippen LogP contribution in [-0.2, 0) is 6.18 Å². The zero-order valence-corrected chi connectivity index (χ0v) is 10.3. The Morgan fingerprint density at radius 3 is 2.11 bits per heavy atom. The number of alkyl halides is 3. The lowest BCUT2D eigenvalue weighted by atomic mass is 10.2. The van der Waals surface area contributed by atoms with Crippen molar-refractivity contribution in [2.75, 3.05) is 5.73 Å². The van der Waals surface area contributed by atoms with Crippen LogP contribution in [0.3, 0.4) is 0 Å². The molecule has 2 N–H and O–H groups in total.